The van der Waals surface area contributed by atoms with Gasteiger partial charge in [0.05, 0.1) is 26.2 Å². The summed E-state index contributed by atoms with van der Waals surface area (Å²) >= 11 is 12.0. The standard InChI is InChI=1S/C18H16Cl2O5/c1-23-11-6-7-17(24-2)13(8-11)16(21)10-25-18(22)9-12-14(19)4-3-5-15(12)20/h3-8H,9-10H2,1-2H3. The summed E-state index contributed by atoms with van der Waals surface area (Å²) < 4.78 is 15.3. The Balaban J connectivity index is 2.03. The zero-order valence-electron chi connectivity index (χ0n) is 13.7. The average molecular weight is 383 g/mol. The fourth-order valence-electron chi connectivity index (χ4n) is 2.15. The van der Waals surface area contributed by atoms with E-state index in [-0.39, 0.29) is 12.0 Å². The van der Waals surface area contributed by atoms with Crippen molar-refractivity contribution in [2.45, 2.75) is 6.42 Å². The number of methoxy groups -OCH3 is 2. The Bertz CT molecular complexity index is 769. The van der Waals surface area contributed by atoms with Crippen LogP contribution >= 0.6 is 23.2 Å². The third kappa shape index (κ3) is 4.87. The lowest BCUT2D eigenvalue weighted by Crippen LogP contribution is -2.16. The van der Waals surface area contributed by atoms with Crippen molar-refractivity contribution in [2.75, 3.05) is 20.8 Å². The van der Waals surface area contributed by atoms with Gasteiger partial charge in [0.25, 0.3) is 0 Å². The van der Waals surface area contributed by atoms with E-state index in [9.17, 15) is 9.59 Å². The largest absolute Gasteiger partial charge is 0.497 e. The summed E-state index contributed by atoms with van der Waals surface area (Å²) in [4.78, 5) is 24.3. The molecule has 0 saturated carbocycles. The fraction of sp³-hybridized carbons (Fsp3) is 0.222. The van der Waals surface area contributed by atoms with E-state index in [2.05, 4.69) is 0 Å². The van der Waals surface area contributed by atoms with Gasteiger partial charge in [-0.05, 0) is 30.3 Å². The summed E-state index contributed by atoms with van der Waals surface area (Å²) in [5.41, 5.74) is 0.729. The Morgan fingerprint density at radius 3 is 2.28 bits per heavy atom. The molecule has 0 saturated heterocycles. The molecule has 0 heterocycles. The highest BCUT2D eigenvalue weighted by molar-refractivity contribution is 6.36. The van der Waals surface area contributed by atoms with Crippen LogP contribution in [-0.4, -0.2) is 32.6 Å². The quantitative estimate of drug-likeness (QED) is 0.535. The summed E-state index contributed by atoms with van der Waals surface area (Å²) in [6.07, 6.45) is -0.124. The van der Waals surface area contributed by atoms with Crippen molar-refractivity contribution in [3.8, 4) is 11.5 Å². The predicted molar refractivity (Wildman–Crippen MR) is 95.0 cm³/mol. The van der Waals surface area contributed by atoms with Crippen molar-refractivity contribution >= 4 is 35.0 Å². The molecule has 0 aromatic heterocycles. The van der Waals surface area contributed by atoms with Crippen LogP contribution in [0.15, 0.2) is 36.4 Å². The number of carbonyl (C=O) groups is 2. The molecule has 0 atom stereocenters. The monoisotopic (exact) mass is 382 g/mol. The van der Waals surface area contributed by atoms with E-state index in [1.807, 2.05) is 0 Å². The maximum absolute atomic E-state index is 12.3. The smallest absolute Gasteiger partial charge is 0.310 e. The minimum atomic E-state index is -0.606. The Labute approximate surface area is 155 Å². The fourth-order valence-corrected chi connectivity index (χ4v) is 2.68. The Morgan fingerprint density at radius 2 is 1.68 bits per heavy atom. The first-order valence-electron chi connectivity index (χ1n) is 7.30. The molecule has 5 nitrogen and oxygen atoms in total. The number of esters is 1. The van der Waals surface area contributed by atoms with Gasteiger partial charge in [0.2, 0.25) is 5.78 Å². The first-order chi connectivity index (χ1) is 12.0. The minimum Gasteiger partial charge on any atom is -0.497 e. The maximum atomic E-state index is 12.3. The van der Waals surface area contributed by atoms with Gasteiger partial charge in [-0.15, -0.1) is 0 Å². The molecule has 7 heteroatoms. The first kappa shape index (κ1) is 19.1. The van der Waals surface area contributed by atoms with Crippen LogP contribution in [0, 0.1) is 0 Å². The predicted octanol–water partition coefficient (Wildman–Crippen LogP) is 3.98. The lowest BCUT2D eigenvalue weighted by atomic mass is 10.1. The highest BCUT2D eigenvalue weighted by Crippen LogP contribution is 2.26. The van der Waals surface area contributed by atoms with Gasteiger partial charge in [-0.25, -0.2) is 0 Å². The average Bonchev–Trinajstić information content (AvgIpc) is 2.62. The van der Waals surface area contributed by atoms with E-state index >= 15 is 0 Å². The molecule has 2 aromatic rings. The van der Waals surface area contributed by atoms with Gasteiger partial charge in [-0.1, -0.05) is 29.3 Å². The van der Waals surface area contributed by atoms with Crippen molar-refractivity contribution in [3.63, 3.8) is 0 Å². The van der Waals surface area contributed by atoms with Crippen LogP contribution in [0.25, 0.3) is 0 Å². The number of Topliss-reactive ketones (excluding diaryl/α,β-unsaturated/α-hetero) is 1. The molecule has 0 aliphatic carbocycles. The normalized spacial score (nSPS) is 10.2. The van der Waals surface area contributed by atoms with Gasteiger partial charge >= 0.3 is 5.97 Å². The van der Waals surface area contributed by atoms with Crippen LogP contribution in [0.5, 0.6) is 11.5 Å². The molecule has 0 amide bonds. The van der Waals surface area contributed by atoms with Crippen molar-refractivity contribution < 1.29 is 23.8 Å². The van der Waals surface area contributed by atoms with Gasteiger partial charge in [-0.2, -0.15) is 0 Å². The van der Waals surface area contributed by atoms with Gasteiger partial charge in [0, 0.05) is 15.6 Å². The number of hydrogen-bond donors (Lipinski definition) is 0. The topological polar surface area (TPSA) is 61.8 Å². The van der Waals surface area contributed by atoms with E-state index in [0.717, 1.165) is 0 Å². The molecule has 0 fully saturated rings. The SMILES string of the molecule is COc1ccc(OC)c(C(=O)COC(=O)Cc2c(Cl)cccc2Cl)c1. The van der Waals surface area contributed by atoms with Gasteiger partial charge < -0.3 is 14.2 Å². The first-order valence-corrected chi connectivity index (χ1v) is 8.05. The molecule has 2 aromatic carbocycles. The molecule has 0 spiro atoms. The molecule has 0 bridgehead atoms. The summed E-state index contributed by atoms with van der Waals surface area (Å²) in [6, 6.07) is 9.74. The van der Waals surface area contributed by atoms with E-state index in [4.69, 9.17) is 37.4 Å². The number of rotatable bonds is 7. The molecule has 0 N–H and O–H groups in total. The molecule has 0 unspecified atom stereocenters. The van der Waals surface area contributed by atoms with Gasteiger partial charge in [-0.3, -0.25) is 9.59 Å². The van der Waals surface area contributed by atoms with E-state index in [1.165, 1.54) is 20.3 Å². The highest BCUT2D eigenvalue weighted by atomic mass is 35.5. The van der Waals surface area contributed by atoms with Crippen LogP contribution < -0.4 is 9.47 Å². The van der Waals surface area contributed by atoms with E-state index < -0.39 is 18.4 Å². The third-order valence-corrected chi connectivity index (χ3v) is 4.16. The van der Waals surface area contributed by atoms with Crippen LogP contribution in [0.2, 0.25) is 10.0 Å². The zero-order valence-corrected chi connectivity index (χ0v) is 15.2. The van der Waals surface area contributed by atoms with Crippen molar-refractivity contribution in [3.05, 3.63) is 57.6 Å². The number of ketones is 1. The lowest BCUT2D eigenvalue weighted by Gasteiger charge is -2.10. The maximum Gasteiger partial charge on any atom is 0.310 e. The second kappa shape index (κ2) is 8.74. The van der Waals surface area contributed by atoms with Crippen LogP contribution in [-0.2, 0) is 16.0 Å². The molecule has 0 radical (unpaired) electrons. The van der Waals surface area contributed by atoms with Gasteiger partial charge in [0.1, 0.15) is 11.5 Å². The number of hydrogen-bond acceptors (Lipinski definition) is 5. The number of benzene rings is 2. The number of halogens is 2. The van der Waals surface area contributed by atoms with Crippen LogP contribution in [0.3, 0.4) is 0 Å². The molecular weight excluding hydrogens is 367 g/mol. The van der Waals surface area contributed by atoms with Crippen LogP contribution in [0.1, 0.15) is 15.9 Å². The zero-order chi connectivity index (χ0) is 18.4. The molecule has 25 heavy (non-hydrogen) atoms. The van der Waals surface area contributed by atoms with Crippen LogP contribution in [0.4, 0.5) is 0 Å². The molecule has 0 aliphatic heterocycles. The molecule has 2 rings (SSSR count). The number of carbonyl (C=O) groups excluding carboxylic acids is 2. The van der Waals surface area contributed by atoms with E-state index in [0.29, 0.717) is 27.1 Å². The summed E-state index contributed by atoms with van der Waals surface area (Å²) in [5, 5.41) is 0.732. The second-order valence-corrected chi connectivity index (χ2v) is 5.84. The Hall–Kier alpha value is -2.24. The van der Waals surface area contributed by atoms with Crippen molar-refractivity contribution in [1.82, 2.24) is 0 Å². The Morgan fingerprint density at radius 1 is 1.00 bits per heavy atom. The molecule has 0 aliphatic rings. The highest BCUT2D eigenvalue weighted by Gasteiger charge is 2.17. The molecule has 132 valence electrons. The van der Waals surface area contributed by atoms with E-state index in [1.54, 1.807) is 30.3 Å². The minimum absolute atomic E-state index is 0.124. The van der Waals surface area contributed by atoms with Crippen molar-refractivity contribution in [2.24, 2.45) is 0 Å². The summed E-state index contributed by atoms with van der Waals surface area (Å²) in [5.74, 6) is -0.145. The Kier molecular flexibility index (Phi) is 6.67. The summed E-state index contributed by atoms with van der Waals surface area (Å²) in [7, 11) is 2.94. The van der Waals surface area contributed by atoms with Crippen molar-refractivity contribution in [1.29, 1.82) is 0 Å². The second-order valence-electron chi connectivity index (χ2n) is 5.03. The van der Waals surface area contributed by atoms with Gasteiger partial charge in [0.15, 0.2) is 6.61 Å². The number of ether oxygens (including phenoxy) is 3. The lowest BCUT2D eigenvalue weighted by molar-refractivity contribution is -0.141. The summed E-state index contributed by atoms with van der Waals surface area (Å²) in [6.45, 7) is -0.426. The molecular formula is C18H16Cl2O5. The third-order valence-electron chi connectivity index (χ3n) is 3.45.